The SMILES string of the molecule is CCCOC(=O)c1ccc(N2C(=O)C(c3cccs3)=C(N3CC(C)CC(C)C3)C2=O)cc1. The molecule has 1 fully saturated rings. The maximum absolute atomic E-state index is 13.6. The zero-order valence-corrected chi connectivity index (χ0v) is 19.5. The minimum absolute atomic E-state index is 0.305. The Bertz CT molecular complexity index is 1030. The lowest BCUT2D eigenvalue weighted by molar-refractivity contribution is -0.120. The number of carbonyl (C=O) groups is 3. The number of thiophene rings is 1. The largest absolute Gasteiger partial charge is 0.462 e. The number of benzene rings is 1. The molecular weight excluding hydrogens is 424 g/mol. The summed E-state index contributed by atoms with van der Waals surface area (Å²) < 4.78 is 5.17. The standard InChI is InChI=1S/C25H28N2O4S/c1-4-11-31-25(30)18-7-9-19(10-8-18)27-23(28)21(20-6-5-12-32-20)22(24(27)29)26-14-16(2)13-17(3)15-26/h5-10,12,16-17H,4,11,13-15H2,1-3H3. The molecule has 1 aromatic carbocycles. The maximum atomic E-state index is 13.6. The van der Waals surface area contributed by atoms with Crippen LogP contribution in [0.3, 0.4) is 0 Å². The van der Waals surface area contributed by atoms with Crippen LogP contribution >= 0.6 is 11.3 Å². The van der Waals surface area contributed by atoms with Crippen LogP contribution in [0.1, 0.15) is 48.8 Å². The van der Waals surface area contributed by atoms with Gasteiger partial charge in [0.15, 0.2) is 0 Å². The Hall–Kier alpha value is -2.93. The molecule has 4 rings (SSSR count). The van der Waals surface area contributed by atoms with E-state index < -0.39 is 5.97 Å². The number of carbonyl (C=O) groups excluding carboxylic acids is 3. The van der Waals surface area contributed by atoms with E-state index in [1.54, 1.807) is 24.3 Å². The van der Waals surface area contributed by atoms with E-state index in [2.05, 4.69) is 18.7 Å². The predicted molar refractivity (Wildman–Crippen MR) is 125 cm³/mol. The molecule has 6 nitrogen and oxygen atoms in total. The normalized spacial score (nSPS) is 21.5. The Morgan fingerprint density at radius 1 is 1.06 bits per heavy atom. The van der Waals surface area contributed by atoms with Gasteiger partial charge in [-0.1, -0.05) is 26.8 Å². The Morgan fingerprint density at radius 2 is 1.75 bits per heavy atom. The van der Waals surface area contributed by atoms with E-state index in [0.29, 0.717) is 41.0 Å². The Kier molecular flexibility index (Phi) is 6.46. The second-order valence-electron chi connectivity index (χ2n) is 8.68. The number of nitrogens with zero attached hydrogens (tertiary/aromatic N) is 2. The van der Waals surface area contributed by atoms with E-state index in [9.17, 15) is 14.4 Å². The van der Waals surface area contributed by atoms with Crippen molar-refractivity contribution in [2.24, 2.45) is 11.8 Å². The highest BCUT2D eigenvalue weighted by atomic mass is 32.1. The Labute approximate surface area is 192 Å². The van der Waals surface area contributed by atoms with Crippen LogP contribution in [-0.2, 0) is 14.3 Å². The third-order valence-corrected chi connectivity index (χ3v) is 6.70. The molecule has 168 valence electrons. The molecule has 0 aliphatic carbocycles. The molecule has 2 aromatic rings. The molecule has 7 heteroatoms. The molecule has 2 unspecified atom stereocenters. The zero-order chi connectivity index (χ0) is 22.8. The van der Waals surface area contributed by atoms with E-state index >= 15 is 0 Å². The molecule has 0 N–H and O–H groups in total. The monoisotopic (exact) mass is 452 g/mol. The highest BCUT2D eigenvalue weighted by Gasteiger charge is 2.44. The lowest BCUT2D eigenvalue weighted by Crippen LogP contribution is -2.42. The predicted octanol–water partition coefficient (Wildman–Crippen LogP) is 4.58. The first-order chi connectivity index (χ1) is 15.4. The van der Waals surface area contributed by atoms with Crippen molar-refractivity contribution >= 4 is 40.4 Å². The van der Waals surface area contributed by atoms with Crippen LogP contribution in [0.15, 0.2) is 47.5 Å². The van der Waals surface area contributed by atoms with Gasteiger partial charge in [0.1, 0.15) is 5.70 Å². The molecule has 0 spiro atoms. The van der Waals surface area contributed by atoms with Gasteiger partial charge in [-0.3, -0.25) is 9.59 Å². The van der Waals surface area contributed by atoms with Crippen molar-refractivity contribution in [1.29, 1.82) is 0 Å². The van der Waals surface area contributed by atoms with Crippen LogP contribution in [-0.4, -0.2) is 42.4 Å². The summed E-state index contributed by atoms with van der Waals surface area (Å²) in [6.45, 7) is 8.16. The van der Waals surface area contributed by atoms with Gasteiger partial charge in [0.05, 0.1) is 23.4 Å². The van der Waals surface area contributed by atoms with Crippen molar-refractivity contribution < 1.29 is 19.1 Å². The lowest BCUT2D eigenvalue weighted by atomic mass is 9.91. The Morgan fingerprint density at radius 3 is 2.34 bits per heavy atom. The van der Waals surface area contributed by atoms with Crippen LogP contribution in [0.25, 0.3) is 5.57 Å². The van der Waals surface area contributed by atoms with Gasteiger partial charge < -0.3 is 9.64 Å². The molecule has 2 atom stereocenters. The number of esters is 1. The first-order valence-electron chi connectivity index (χ1n) is 11.1. The third kappa shape index (κ3) is 4.21. The van der Waals surface area contributed by atoms with Gasteiger partial charge in [-0.25, -0.2) is 9.69 Å². The zero-order valence-electron chi connectivity index (χ0n) is 18.7. The van der Waals surface area contributed by atoms with Gasteiger partial charge in [-0.2, -0.15) is 0 Å². The number of hydrogen-bond acceptors (Lipinski definition) is 6. The quantitative estimate of drug-likeness (QED) is 0.474. The minimum atomic E-state index is -0.410. The van der Waals surface area contributed by atoms with E-state index in [1.807, 2.05) is 24.4 Å². The summed E-state index contributed by atoms with van der Waals surface area (Å²) in [6.07, 6.45) is 1.86. The topological polar surface area (TPSA) is 66.9 Å². The fraction of sp³-hybridized carbons (Fsp3) is 0.400. The van der Waals surface area contributed by atoms with Gasteiger partial charge in [-0.05, 0) is 60.4 Å². The summed E-state index contributed by atoms with van der Waals surface area (Å²) >= 11 is 1.46. The van der Waals surface area contributed by atoms with Crippen molar-refractivity contribution in [2.45, 2.75) is 33.6 Å². The minimum Gasteiger partial charge on any atom is -0.462 e. The summed E-state index contributed by atoms with van der Waals surface area (Å²) in [6, 6.07) is 10.2. The number of likely N-dealkylation sites (tertiary alicyclic amines) is 1. The van der Waals surface area contributed by atoms with Crippen molar-refractivity contribution in [3.63, 3.8) is 0 Å². The van der Waals surface area contributed by atoms with Crippen molar-refractivity contribution in [1.82, 2.24) is 4.90 Å². The Balaban J connectivity index is 1.67. The smallest absolute Gasteiger partial charge is 0.338 e. The lowest BCUT2D eigenvalue weighted by Gasteiger charge is -2.37. The fourth-order valence-electron chi connectivity index (χ4n) is 4.56. The third-order valence-electron chi connectivity index (χ3n) is 5.81. The fourth-order valence-corrected chi connectivity index (χ4v) is 5.32. The average molecular weight is 453 g/mol. The highest BCUT2D eigenvalue weighted by Crippen LogP contribution is 2.38. The molecule has 2 aliphatic rings. The summed E-state index contributed by atoms with van der Waals surface area (Å²) in [4.78, 5) is 43.4. The first-order valence-corrected chi connectivity index (χ1v) is 12.0. The molecular formula is C25H28N2O4S. The number of imide groups is 1. The molecule has 2 aliphatic heterocycles. The highest BCUT2D eigenvalue weighted by molar-refractivity contribution is 7.11. The van der Waals surface area contributed by atoms with Gasteiger partial charge in [0, 0.05) is 18.0 Å². The summed E-state index contributed by atoms with van der Waals surface area (Å²) in [5.74, 6) is -0.144. The van der Waals surface area contributed by atoms with E-state index in [-0.39, 0.29) is 11.8 Å². The van der Waals surface area contributed by atoms with Crippen LogP contribution in [0.4, 0.5) is 5.69 Å². The summed E-state index contributed by atoms with van der Waals surface area (Å²) in [7, 11) is 0. The second kappa shape index (κ2) is 9.28. The van der Waals surface area contributed by atoms with Gasteiger partial charge in [0.2, 0.25) is 0 Å². The van der Waals surface area contributed by atoms with Gasteiger partial charge in [-0.15, -0.1) is 11.3 Å². The van der Waals surface area contributed by atoms with Gasteiger partial charge >= 0.3 is 5.97 Å². The van der Waals surface area contributed by atoms with Crippen LogP contribution < -0.4 is 4.90 Å². The van der Waals surface area contributed by atoms with Gasteiger partial charge in [0.25, 0.3) is 11.8 Å². The van der Waals surface area contributed by atoms with Crippen molar-refractivity contribution in [3.8, 4) is 0 Å². The number of piperidine rings is 1. The van der Waals surface area contributed by atoms with Crippen LogP contribution in [0.5, 0.6) is 0 Å². The van der Waals surface area contributed by atoms with E-state index in [0.717, 1.165) is 30.8 Å². The van der Waals surface area contributed by atoms with Crippen molar-refractivity contribution in [3.05, 3.63) is 57.9 Å². The second-order valence-corrected chi connectivity index (χ2v) is 9.63. The molecule has 0 bridgehead atoms. The molecule has 0 radical (unpaired) electrons. The number of ether oxygens (including phenoxy) is 1. The molecule has 1 saturated heterocycles. The number of hydrogen-bond donors (Lipinski definition) is 0. The van der Waals surface area contributed by atoms with E-state index in [4.69, 9.17) is 4.74 Å². The summed E-state index contributed by atoms with van der Waals surface area (Å²) in [5, 5.41) is 1.92. The van der Waals surface area contributed by atoms with E-state index in [1.165, 1.54) is 16.2 Å². The first kappa shape index (κ1) is 22.3. The molecule has 3 heterocycles. The molecule has 2 amide bonds. The average Bonchev–Trinajstić information content (AvgIpc) is 3.37. The van der Waals surface area contributed by atoms with Crippen LogP contribution in [0.2, 0.25) is 0 Å². The maximum Gasteiger partial charge on any atom is 0.338 e. The number of anilines is 1. The molecule has 1 aromatic heterocycles. The van der Waals surface area contributed by atoms with Crippen molar-refractivity contribution in [2.75, 3.05) is 24.6 Å². The number of rotatable bonds is 6. The van der Waals surface area contributed by atoms with Crippen LogP contribution in [0, 0.1) is 11.8 Å². The number of amides is 2. The molecule has 0 saturated carbocycles. The molecule has 32 heavy (non-hydrogen) atoms. The summed E-state index contributed by atoms with van der Waals surface area (Å²) in [5.41, 5.74) is 1.81.